The van der Waals surface area contributed by atoms with E-state index in [1.165, 1.54) is 10.8 Å². The maximum absolute atomic E-state index is 11.6. The maximum Gasteiger partial charge on any atom is 0.246 e. The van der Waals surface area contributed by atoms with Gasteiger partial charge in [0, 0.05) is 11.2 Å². The zero-order valence-electron chi connectivity index (χ0n) is 7.79. The van der Waals surface area contributed by atoms with E-state index in [1.54, 1.807) is 7.05 Å². The lowest BCUT2D eigenvalue weighted by molar-refractivity contribution is -0.498. The molecule has 1 aromatic rings. The number of halogens is 2. The minimum atomic E-state index is -0.248. The highest BCUT2D eigenvalue weighted by molar-refractivity contribution is 6.67. The van der Waals surface area contributed by atoms with Crippen LogP contribution in [0, 0.1) is 0 Å². The second kappa shape index (κ2) is 3.75. The summed E-state index contributed by atoms with van der Waals surface area (Å²) in [5.41, 5.74) is 0.710. The molecule has 0 unspecified atom stereocenters. The van der Waals surface area contributed by atoms with E-state index in [1.807, 2.05) is 0 Å². The van der Waals surface area contributed by atoms with Crippen LogP contribution in [0.25, 0.3) is 0 Å². The summed E-state index contributed by atoms with van der Waals surface area (Å²) < 4.78 is 1.54. The van der Waals surface area contributed by atoms with Crippen LogP contribution >= 0.6 is 23.2 Å². The maximum atomic E-state index is 11.6. The third kappa shape index (κ3) is 1.93. The quantitative estimate of drug-likeness (QED) is 0.745. The molecule has 7 heteroatoms. The zero-order chi connectivity index (χ0) is 11.0. The fourth-order valence-corrected chi connectivity index (χ4v) is 1.72. The SMILES string of the molecule is C[N+]1=C(c2n[nH]c(Cl)cc2=O)CC(Cl)=N1. The second-order valence-electron chi connectivity index (χ2n) is 3.05. The molecule has 0 bridgehead atoms. The molecular weight excluding hydrogens is 239 g/mol. The van der Waals surface area contributed by atoms with Crippen molar-refractivity contribution >= 4 is 34.1 Å². The first-order chi connectivity index (χ1) is 7.08. The Hall–Kier alpha value is -1.20. The molecule has 5 nitrogen and oxygen atoms in total. The van der Waals surface area contributed by atoms with Crippen molar-refractivity contribution in [2.45, 2.75) is 6.42 Å². The van der Waals surface area contributed by atoms with Gasteiger partial charge in [-0.05, 0) is 0 Å². The Morgan fingerprint density at radius 2 is 2.27 bits per heavy atom. The van der Waals surface area contributed by atoms with Crippen molar-refractivity contribution < 1.29 is 4.68 Å². The Bertz CT molecular complexity index is 532. The Morgan fingerprint density at radius 1 is 1.53 bits per heavy atom. The third-order valence-corrected chi connectivity index (χ3v) is 2.40. The van der Waals surface area contributed by atoms with Crippen molar-refractivity contribution in [3.8, 4) is 0 Å². The minimum Gasteiger partial charge on any atom is -0.287 e. The molecule has 0 radical (unpaired) electrons. The van der Waals surface area contributed by atoms with Gasteiger partial charge in [0.1, 0.15) is 5.15 Å². The largest absolute Gasteiger partial charge is 0.287 e. The summed E-state index contributed by atoms with van der Waals surface area (Å²) in [6.45, 7) is 0. The molecule has 1 N–H and O–H groups in total. The van der Waals surface area contributed by atoms with Gasteiger partial charge in [-0.1, -0.05) is 27.9 Å². The topological polar surface area (TPSA) is 61.1 Å². The van der Waals surface area contributed by atoms with Gasteiger partial charge in [0.15, 0.2) is 12.2 Å². The summed E-state index contributed by atoms with van der Waals surface area (Å²) in [6.07, 6.45) is 0.412. The number of H-pyrrole nitrogens is 1. The third-order valence-electron chi connectivity index (χ3n) is 2.00. The minimum absolute atomic E-state index is 0.206. The number of nitrogens with zero attached hydrogens (tertiary/aromatic N) is 3. The van der Waals surface area contributed by atoms with Gasteiger partial charge in [0.05, 0.1) is 6.42 Å². The highest BCUT2D eigenvalue weighted by Crippen LogP contribution is 2.08. The normalized spacial score (nSPS) is 15.8. The molecule has 0 aliphatic carbocycles. The monoisotopic (exact) mass is 245 g/mol. The Labute approximate surface area is 95.0 Å². The molecule has 0 amide bonds. The molecule has 0 aromatic carbocycles. The van der Waals surface area contributed by atoms with Gasteiger partial charge >= 0.3 is 0 Å². The van der Waals surface area contributed by atoms with E-state index in [0.29, 0.717) is 23.0 Å². The molecular formula is C8H7Cl2N4O+. The summed E-state index contributed by atoms with van der Waals surface area (Å²) in [5, 5.41) is 11.0. The summed E-state index contributed by atoms with van der Waals surface area (Å²) in [7, 11) is 1.71. The van der Waals surface area contributed by atoms with E-state index in [2.05, 4.69) is 15.3 Å². The van der Waals surface area contributed by atoms with Crippen LogP contribution in [0.15, 0.2) is 16.0 Å². The Balaban J connectivity index is 2.50. The Morgan fingerprint density at radius 3 is 2.80 bits per heavy atom. The van der Waals surface area contributed by atoms with Gasteiger partial charge in [-0.25, -0.2) is 0 Å². The number of hydrogen-bond acceptors (Lipinski definition) is 3. The zero-order valence-corrected chi connectivity index (χ0v) is 9.30. The number of aromatic nitrogens is 2. The van der Waals surface area contributed by atoms with E-state index >= 15 is 0 Å². The van der Waals surface area contributed by atoms with Gasteiger partial charge in [-0.2, -0.15) is 5.10 Å². The highest BCUT2D eigenvalue weighted by atomic mass is 35.5. The van der Waals surface area contributed by atoms with Crippen molar-refractivity contribution in [3.05, 3.63) is 27.1 Å². The van der Waals surface area contributed by atoms with E-state index in [9.17, 15) is 4.79 Å². The smallest absolute Gasteiger partial charge is 0.246 e. The van der Waals surface area contributed by atoms with Crippen LogP contribution in [0.1, 0.15) is 12.1 Å². The molecule has 15 heavy (non-hydrogen) atoms. The molecule has 1 aromatic heterocycles. The fraction of sp³-hybridized carbons (Fsp3) is 0.250. The average molecular weight is 246 g/mol. The first-order valence-electron chi connectivity index (χ1n) is 4.16. The number of aromatic amines is 1. The van der Waals surface area contributed by atoms with Crippen LogP contribution in [0.2, 0.25) is 5.15 Å². The lowest BCUT2D eigenvalue weighted by Crippen LogP contribution is -2.22. The summed E-state index contributed by atoms with van der Waals surface area (Å²) in [4.78, 5) is 11.6. The first kappa shape index (κ1) is 10.3. The molecule has 2 rings (SSSR count). The van der Waals surface area contributed by atoms with Gasteiger partial charge in [0.2, 0.25) is 16.8 Å². The predicted molar refractivity (Wildman–Crippen MR) is 58.1 cm³/mol. The standard InChI is InChI=1S/C8H6Cl2N4O/c1-14-4(2-7(10)13-14)8-5(15)3-6(9)11-12-8/h3H,2H2,1H3/p+1. The molecule has 1 aliphatic rings. The molecule has 0 saturated carbocycles. The van der Waals surface area contributed by atoms with Crippen LogP contribution < -0.4 is 5.43 Å². The van der Waals surface area contributed by atoms with Gasteiger partial charge in [0.25, 0.3) is 0 Å². The van der Waals surface area contributed by atoms with Crippen molar-refractivity contribution in [2.75, 3.05) is 7.05 Å². The summed E-state index contributed by atoms with van der Waals surface area (Å²) in [5.74, 6) is 0. The van der Waals surface area contributed by atoms with Crippen molar-refractivity contribution in [1.29, 1.82) is 0 Å². The highest BCUT2D eigenvalue weighted by Gasteiger charge is 2.27. The first-order valence-corrected chi connectivity index (χ1v) is 4.91. The van der Waals surface area contributed by atoms with E-state index in [-0.39, 0.29) is 10.6 Å². The number of nitrogens with one attached hydrogen (secondary N) is 1. The van der Waals surface area contributed by atoms with Crippen molar-refractivity contribution in [3.63, 3.8) is 0 Å². The number of hydrazone groups is 1. The lowest BCUT2D eigenvalue weighted by atomic mass is 10.2. The van der Waals surface area contributed by atoms with Crippen LogP contribution in [0.3, 0.4) is 0 Å². The number of rotatable bonds is 1. The molecule has 78 valence electrons. The fourth-order valence-electron chi connectivity index (χ4n) is 1.33. The second-order valence-corrected chi connectivity index (χ2v) is 3.90. The van der Waals surface area contributed by atoms with Crippen LogP contribution in [-0.2, 0) is 0 Å². The predicted octanol–water partition coefficient (Wildman–Crippen LogP) is 0.811. The summed E-state index contributed by atoms with van der Waals surface area (Å²) in [6, 6.07) is 1.27. The van der Waals surface area contributed by atoms with Gasteiger partial charge in [-0.15, -0.1) is 0 Å². The Kier molecular flexibility index (Phi) is 2.58. The van der Waals surface area contributed by atoms with Crippen molar-refractivity contribution in [2.24, 2.45) is 5.10 Å². The molecule has 0 spiro atoms. The van der Waals surface area contributed by atoms with E-state index in [0.717, 1.165) is 0 Å². The lowest BCUT2D eigenvalue weighted by Gasteiger charge is -1.94. The van der Waals surface area contributed by atoms with Gasteiger partial charge in [-0.3, -0.25) is 9.89 Å². The number of hydrogen-bond donors (Lipinski definition) is 1. The molecule has 0 saturated heterocycles. The molecule has 0 fully saturated rings. The molecule has 1 aliphatic heterocycles. The molecule has 0 atom stereocenters. The molecule has 2 heterocycles. The van der Waals surface area contributed by atoms with Crippen molar-refractivity contribution in [1.82, 2.24) is 10.2 Å². The summed E-state index contributed by atoms with van der Waals surface area (Å²) >= 11 is 11.3. The van der Waals surface area contributed by atoms with Crippen LogP contribution in [0.4, 0.5) is 0 Å². The van der Waals surface area contributed by atoms with Gasteiger partial charge < -0.3 is 0 Å². The van der Waals surface area contributed by atoms with E-state index in [4.69, 9.17) is 23.2 Å². The van der Waals surface area contributed by atoms with E-state index < -0.39 is 0 Å². The van der Waals surface area contributed by atoms with Crippen LogP contribution in [-0.4, -0.2) is 32.8 Å². The average Bonchev–Trinajstić information content (AvgIpc) is 2.45. The van der Waals surface area contributed by atoms with Crippen LogP contribution in [0.5, 0.6) is 0 Å².